The van der Waals surface area contributed by atoms with Gasteiger partial charge in [-0.3, -0.25) is 4.68 Å². The Bertz CT molecular complexity index is 928. The van der Waals surface area contributed by atoms with Crippen LogP contribution in [0, 0.1) is 6.92 Å². The molecule has 0 fully saturated rings. The summed E-state index contributed by atoms with van der Waals surface area (Å²) in [6.07, 6.45) is 3.67. The fourth-order valence-electron chi connectivity index (χ4n) is 2.43. The molecule has 0 radical (unpaired) electrons. The van der Waals surface area contributed by atoms with Crippen molar-refractivity contribution in [2.75, 3.05) is 10.6 Å². The number of rotatable bonds is 6. The van der Waals surface area contributed by atoms with Gasteiger partial charge >= 0.3 is 0 Å². The lowest BCUT2D eigenvalue weighted by Crippen LogP contribution is -2.30. The summed E-state index contributed by atoms with van der Waals surface area (Å²) >= 11 is 0. The summed E-state index contributed by atoms with van der Waals surface area (Å²) in [5, 5.41) is 4.39. The summed E-state index contributed by atoms with van der Waals surface area (Å²) in [4.78, 5) is 8.33. The van der Waals surface area contributed by atoms with Crippen molar-refractivity contribution in [3.63, 3.8) is 0 Å². The van der Waals surface area contributed by atoms with E-state index in [-0.39, 0.29) is 12.4 Å². The number of aromatic nitrogens is 4. The van der Waals surface area contributed by atoms with Crippen LogP contribution in [-0.2, 0) is 23.1 Å². The summed E-state index contributed by atoms with van der Waals surface area (Å²) in [5.41, 5.74) is 1.88. The Morgan fingerprint density at radius 2 is 2.17 bits per heavy atom. The molecule has 3 heterocycles. The Hall–Kier alpha value is -2.42. The number of pyridine rings is 1. The average molecular weight is 349 g/mol. The molecule has 24 heavy (non-hydrogen) atoms. The maximum absolute atomic E-state index is 12.2. The van der Waals surface area contributed by atoms with E-state index >= 15 is 0 Å². The molecule has 9 heteroatoms. The van der Waals surface area contributed by atoms with E-state index in [0.717, 1.165) is 24.9 Å². The number of aryl methyl sites for hydroxylation is 2. The van der Waals surface area contributed by atoms with Gasteiger partial charge in [0.15, 0.2) is 17.0 Å². The molecule has 0 bridgehead atoms. The number of hydrogen-bond donors (Lipinski definition) is 0. The molecular formula is C15H19N5O3S. The predicted molar refractivity (Wildman–Crippen MR) is 90.1 cm³/mol. The van der Waals surface area contributed by atoms with Gasteiger partial charge in [0.2, 0.25) is 15.9 Å². The lowest BCUT2D eigenvalue weighted by atomic mass is 10.4. The quantitative estimate of drug-likeness (QED) is 0.676. The van der Waals surface area contributed by atoms with Crippen LogP contribution in [0.5, 0.6) is 0 Å². The third-order valence-corrected chi connectivity index (χ3v) is 4.66. The first kappa shape index (κ1) is 16.4. The highest BCUT2D eigenvalue weighted by molar-refractivity contribution is 7.92. The standard InChI is InChI=1S/C15H19N5O3S/c1-4-8-19-11(2)9-13(18-19)20(24(3,21)22)10-14-17-15-12(23-14)6-5-7-16-15/h5-7,9H,4,8,10H2,1-3H3. The molecule has 0 amide bonds. The number of hydrogen-bond acceptors (Lipinski definition) is 6. The summed E-state index contributed by atoms with van der Waals surface area (Å²) in [6, 6.07) is 5.22. The van der Waals surface area contributed by atoms with E-state index in [2.05, 4.69) is 15.1 Å². The van der Waals surface area contributed by atoms with E-state index in [0.29, 0.717) is 17.0 Å². The second-order valence-corrected chi connectivity index (χ2v) is 7.48. The highest BCUT2D eigenvalue weighted by Gasteiger charge is 2.24. The zero-order valence-electron chi connectivity index (χ0n) is 13.8. The number of nitrogens with zero attached hydrogens (tertiary/aromatic N) is 5. The summed E-state index contributed by atoms with van der Waals surface area (Å²) in [7, 11) is -3.53. The Morgan fingerprint density at radius 1 is 1.38 bits per heavy atom. The number of anilines is 1. The van der Waals surface area contributed by atoms with Crippen LogP contribution in [0.4, 0.5) is 5.82 Å². The fraction of sp³-hybridized carbons (Fsp3) is 0.400. The lowest BCUT2D eigenvalue weighted by Gasteiger charge is -2.17. The van der Waals surface area contributed by atoms with E-state index in [9.17, 15) is 8.42 Å². The first-order chi connectivity index (χ1) is 11.4. The van der Waals surface area contributed by atoms with Gasteiger partial charge in [0, 0.05) is 24.5 Å². The van der Waals surface area contributed by atoms with E-state index in [4.69, 9.17) is 4.42 Å². The largest absolute Gasteiger partial charge is 0.437 e. The molecule has 0 atom stereocenters. The number of sulfonamides is 1. The molecule has 0 unspecified atom stereocenters. The van der Waals surface area contributed by atoms with Crippen molar-refractivity contribution >= 4 is 27.1 Å². The maximum Gasteiger partial charge on any atom is 0.233 e. The molecule has 0 saturated heterocycles. The monoisotopic (exact) mass is 349 g/mol. The molecule has 3 rings (SSSR count). The van der Waals surface area contributed by atoms with Gasteiger partial charge in [-0.25, -0.2) is 17.7 Å². The minimum Gasteiger partial charge on any atom is -0.437 e. The van der Waals surface area contributed by atoms with Crippen LogP contribution in [-0.4, -0.2) is 34.4 Å². The van der Waals surface area contributed by atoms with Crippen LogP contribution >= 0.6 is 0 Å². The lowest BCUT2D eigenvalue weighted by molar-refractivity contribution is 0.525. The molecular weight excluding hydrogens is 330 g/mol. The highest BCUT2D eigenvalue weighted by atomic mass is 32.2. The van der Waals surface area contributed by atoms with E-state index in [1.165, 1.54) is 4.31 Å². The van der Waals surface area contributed by atoms with Crippen LogP contribution in [0.25, 0.3) is 11.2 Å². The van der Waals surface area contributed by atoms with Crippen molar-refractivity contribution in [3.05, 3.63) is 36.0 Å². The number of fused-ring (bicyclic) bond motifs is 1. The Labute approximate surface area is 140 Å². The van der Waals surface area contributed by atoms with Gasteiger partial charge in [0.05, 0.1) is 6.26 Å². The first-order valence-electron chi connectivity index (χ1n) is 7.61. The predicted octanol–water partition coefficient (Wildman–Crippen LogP) is 2.10. The Morgan fingerprint density at radius 3 is 2.83 bits per heavy atom. The molecule has 0 saturated carbocycles. The van der Waals surface area contributed by atoms with Crippen molar-refractivity contribution in [3.8, 4) is 0 Å². The van der Waals surface area contributed by atoms with Gasteiger partial charge in [-0.1, -0.05) is 6.92 Å². The molecule has 8 nitrogen and oxygen atoms in total. The van der Waals surface area contributed by atoms with Crippen LogP contribution in [0.3, 0.4) is 0 Å². The van der Waals surface area contributed by atoms with Gasteiger partial charge in [-0.05, 0) is 25.5 Å². The summed E-state index contributed by atoms with van der Waals surface area (Å²) in [5.74, 6) is 0.635. The molecule has 0 aromatic carbocycles. The third-order valence-electron chi connectivity index (χ3n) is 3.55. The molecule has 0 spiro atoms. The number of oxazole rings is 1. The Kier molecular flexibility index (Phi) is 4.27. The van der Waals surface area contributed by atoms with Gasteiger partial charge in [-0.15, -0.1) is 0 Å². The summed E-state index contributed by atoms with van der Waals surface area (Å²) < 4.78 is 33.0. The molecule has 128 valence electrons. The second kappa shape index (κ2) is 6.23. The van der Waals surface area contributed by atoms with E-state index in [1.807, 2.05) is 13.8 Å². The van der Waals surface area contributed by atoms with Crippen molar-refractivity contribution in [2.45, 2.75) is 33.4 Å². The third kappa shape index (κ3) is 3.25. The second-order valence-electron chi connectivity index (χ2n) is 5.57. The van der Waals surface area contributed by atoms with Gasteiger partial charge in [0.1, 0.15) is 6.54 Å². The van der Waals surface area contributed by atoms with Crippen molar-refractivity contribution in [1.29, 1.82) is 0 Å². The van der Waals surface area contributed by atoms with E-state index < -0.39 is 10.0 Å². The molecule has 0 aliphatic carbocycles. The van der Waals surface area contributed by atoms with Crippen molar-refractivity contribution in [2.24, 2.45) is 0 Å². The van der Waals surface area contributed by atoms with Crippen LogP contribution < -0.4 is 4.31 Å². The van der Waals surface area contributed by atoms with Crippen LogP contribution in [0.1, 0.15) is 24.9 Å². The maximum atomic E-state index is 12.2. The fourth-order valence-corrected chi connectivity index (χ4v) is 3.20. The molecule has 0 aliphatic rings. The minimum atomic E-state index is -3.53. The van der Waals surface area contributed by atoms with Gasteiger partial charge in [-0.2, -0.15) is 10.1 Å². The van der Waals surface area contributed by atoms with Crippen LogP contribution in [0.15, 0.2) is 28.8 Å². The first-order valence-corrected chi connectivity index (χ1v) is 9.46. The average Bonchev–Trinajstić information content (AvgIpc) is 3.07. The van der Waals surface area contributed by atoms with Crippen molar-refractivity contribution in [1.82, 2.24) is 19.7 Å². The topological polar surface area (TPSA) is 94.1 Å². The summed E-state index contributed by atoms with van der Waals surface area (Å²) in [6.45, 7) is 4.64. The van der Waals surface area contributed by atoms with Gasteiger partial charge < -0.3 is 4.42 Å². The van der Waals surface area contributed by atoms with E-state index in [1.54, 1.807) is 29.1 Å². The SMILES string of the molecule is CCCn1nc(N(Cc2nc3ncccc3o2)S(C)(=O)=O)cc1C. The normalized spacial score (nSPS) is 12.0. The molecule has 3 aromatic rings. The van der Waals surface area contributed by atoms with Crippen molar-refractivity contribution < 1.29 is 12.8 Å². The smallest absolute Gasteiger partial charge is 0.233 e. The zero-order valence-corrected chi connectivity index (χ0v) is 14.6. The zero-order chi connectivity index (χ0) is 17.3. The molecule has 0 aliphatic heterocycles. The molecule has 0 N–H and O–H groups in total. The minimum absolute atomic E-state index is 0.0300. The highest BCUT2D eigenvalue weighted by Crippen LogP contribution is 2.22. The Balaban J connectivity index is 1.96. The molecule has 3 aromatic heterocycles. The van der Waals surface area contributed by atoms with Gasteiger partial charge in [0.25, 0.3) is 0 Å². The van der Waals surface area contributed by atoms with Crippen LogP contribution in [0.2, 0.25) is 0 Å².